The van der Waals surface area contributed by atoms with E-state index in [1.165, 1.54) is 20.4 Å². The van der Waals surface area contributed by atoms with Gasteiger partial charge in [-0.3, -0.25) is 4.79 Å². The van der Waals surface area contributed by atoms with E-state index in [0.29, 0.717) is 34.1 Å². The molecule has 1 aliphatic heterocycles. The Hall–Kier alpha value is -4.74. The summed E-state index contributed by atoms with van der Waals surface area (Å²) >= 11 is 0. The number of hydrazone groups is 1. The first kappa shape index (κ1) is 27.8. The molecule has 1 heterocycles. The molecule has 12 heteroatoms. The van der Waals surface area contributed by atoms with Crippen molar-refractivity contribution in [3.63, 3.8) is 0 Å². The van der Waals surface area contributed by atoms with Gasteiger partial charge in [0.05, 0.1) is 45.8 Å². The van der Waals surface area contributed by atoms with Gasteiger partial charge >= 0.3 is 12.0 Å². The Balaban J connectivity index is 1.69. The van der Waals surface area contributed by atoms with Gasteiger partial charge in [-0.15, -0.1) is 0 Å². The fourth-order valence-corrected chi connectivity index (χ4v) is 3.70. The number of methoxy groups -OCH3 is 3. The van der Waals surface area contributed by atoms with Crippen molar-refractivity contribution < 1.29 is 38.1 Å². The second kappa shape index (κ2) is 13.0. The lowest BCUT2D eigenvalue weighted by Crippen LogP contribution is -2.45. The number of nitrogens with one attached hydrogen (secondary N) is 3. The lowest BCUT2D eigenvalue weighted by molar-refractivity contribution is -0.139. The molecular weight excluding hydrogens is 496 g/mol. The number of urea groups is 1. The Morgan fingerprint density at radius 3 is 2.45 bits per heavy atom. The summed E-state index contributed by atoms with van der Waals surface area (Å²) in [7, 11) is 4.51. The lowest BCUT2D eigenvalue weighted by atomic mass is 9.95. The van der Waals surface area contributed by atoms with Gasteiger partial charge in [0.25, 0.3) is 5.91 Å². The fourth-order valence-electron chi connectivity index (χ4n) is 3.70. The van der Waals surface area contributed by atoms with E-state index in [4.69, 9.17) is 23.7 Å². The number of carbonyl (C=O) groups excluding carboxylic acids is 3. The molecule has 1 aliphatic rings. The van der Waals surface area contributed by atoms with Crippen LogP contribution >= 0.6 is 0 Å². The van der Waals surface area contributed by atoms with Crippen molar-refractivity contribution in [2.75, 3.05) is 34.5 Å². The summed E-state index contributed by atoms with van der Waals surface area (Å²) in [5.41, 5.74) is 4.22. The fraction of sp³-hybridized carbons (Fsp3) is 0.308. The predicted octanol–water partition coefficient (Wildman–Crippen LogP) is 2.43. The smallest absolute Gasteiger partial charge is 0.338 e. The largest absolute Gasteiger partial charge is 0.497 e. The first-order valence-corrected chi connectivity index (χ1v) is 11.6. The first-order valence-electron chi connectivity index (χ1n) is 11.6. The van der Waals surface area contributed by atoms with Crippen molar-refractivity contribution in [1.82, 2.24) is 16.1 Å². The van der Waals surface area contributed by atoms with E-state index in [2.05, 4.69) is 21.2 Å². The third-order valence-corrected chi connectivity index (χ3v) is 5.47. The van der Waals surface area contributed by atoms with Crippen LogP contribution in [0, 0.1) is 0 Å². The van der Waals surface area contributed by atoms with Crippen LogP contribution in [0.3, 0.4) is 0 Å². The summed E-state index contributed by atoms with van der Waals surface area (Å²) in [5.74, 6) is 0.693. The minimum absolute atomic E-state index is 0.186. The molecular formula is C26H30N4O8. The van der Waals surface area contributed by atoms with Gasteiger partial charge in [0.1, 0.15) is 11.5 Å². The lowest BCUT2D eigenvalue weighted by Gasteiger charge is -2.28. The normalized spacial score (nSPS) is 14.9. The molecule has 0 aromatic heterocycles. The molecule has 202 valence electrons. The third-order valence-electron chi connectivity index (χ3n) is 5.47. The Kier molecular flexibility index (Phi) is 9.52. The van der Waals surface area contributed by atoms with E-state index in [9.17, 15) is 14.4 Å². The molecule has 1 atom stereocenters. The maximum Gasteiger partial charge on any atom is 0.338 e. The molecule has 12 nitrogen and oxygen atoms in total. The summed E-state index contributed by atoms with van der Waals surface area (Å²) in [6.45, 7) is 3.16. The highest BCUT2D eigenvalue weighted by atomic mass is 16.5. The first-order chi connectivity index (χ1) is 18.3. The molecule has 0 fully saturated rings. The summed E-state index contributed by atoms with van der Waals surface area (Å²) in [4.78, 5) is 36.9. The molecule has 0 saturated carbocycles. The molecule has 0 radical (unpaired) electrons. The summed E-state index contributed by atoms with van der Waals surface area (Å²) in [5, 5.41) is 9.25. The zero-order valence-electron chi connectivity index (χ0n) is 21.7. The number of hydrogen-bond acceptors (Lipinski definition) is 9. The van der Waals surface area contributed by atoms with Gasteiger partial charge < -0.3 is 34.3 Å². The number of benzene rings is 2. The van der Waals surface area contributed by atoms with Crippen LogP contribution in [0.2, 0.25) is 0 Å². The van der Waals surface area contributed by atoms with Crippen LogP contribution in [0.25, 0.3) is 0 Å². The Morgan fingerprint density at radius 2 is 1.76 bits per heavy atom. The van der Waals surface area contributed by atoms with E-state index in [1.807, 2.05) is 0 Å². The van der Waals surface area contributed by atoms with Crippen molar-refractivity contribution in [2.24, 2.45) is 5.10 Å². The van der Waals surface area contributed by atoms with Crippen molar-refractivity contribution in [2.45, 2.75) is 19.9 Å². The maximum absolute atomic E-state index is 12.5. The number of ether oxygens (including phenoxy) is 5. The number of allylic oxidation sites excluding steroid dienone is 1. The van der Waals surface area contributed by atoms with Crippen LogP contribution in [0.5, 0.6) is 23.0 Å². The summed E-state index contributed by atoms with van der Waals surface area (Å²) < 4.78 is 26.7. The Bertz CT molecular complexity index is 1260. The molecule has 0 bridgehead atoms. The van der Waals surface area contributed by atoms with E-state index in [1.54, 1.807) is 57.4 Å². The van der Waals surface area contributed by atoms with Crippen LogP contribution in [-0.4, -0.2) is 58.7 Å². The molecule has 0 aliphatic carbocycles. The minimum Gasteiger partial charge on any atom is -0.497 e. The average Bonchev–Trinajstić information content (AvgIpc) is 2.91. The topological polar surface area (TPSA) is 146 Å². The van der Waals surface area contributed by atoms with Crippen LogP contribution in [0.1, 0.15) is 31.0 Å². The second-order valence-electron chi connectivity index (χ2n) is 7.89. The van der Waals surface area contributed by atoms with Crippen molar-refractivity contribution in [3.05, 3.63) is 58.8 Å². The highest BCUT2D eigenvalue weighted by Gasteiger charge is 2.32. The number of amides is 3. The molecule has 2 aromatic carbocycles. The molecule has 3 amide bonds. The highest BCUT2D eigenvalue weighted by molar-refractivity contribution is 5.95. The molecule has 0 spiro atoms. The van der Waals surface area contributed by atoms with Gasteiger partial charge in [0.15, 0.2) is 18.1 Å². The number of rotatable bonds is 11. The average molecular weight is 527 g/mol. The predicted molar refractivity (Wildman–Crippen MR) is 138 cm³/mol. The minimum atomic E-state index is -0.767. The monoisotopic (exact) mass is 526 g/mol. The number of esters is 1. The Labute approximate surface area is 219 Å². The third kappa shape index (κ3) is 6.72. The van der Waals surface area contributed by atoms with Gasteiger partial charge in [-0.2, -0.15) is 5.10 Å². The van der Waals surface area contributed by atoms with Crippen molar-refractivity contribution in [1.29, 1.82) is 0 Å². The van der Waals surface area contributed by atoms with Crippen LogP contribution in [0.4, 0.5) is 4.79 Å². The molecule has 0 unspecified atom stereocenters. The number of nitrogens with zero attached hydrogens (tertiary/aromatic N) is 1. The number of carbonyl (C=O) groups is 3. The SMILES string of the molecule is CCOC(=O)C1=C(C)NC(=O)N[C@@H]1c1ccc(OCC(=O)N/N=C\c2cc(OC)ccc2OC)c(OC)c1. The van der Waals surface area contributed by atoms with Crippen LogP contribution in [-0.2, 0) is 14.3 Å². The second-order valence-corrected chi connectivity index (χ2v) is 7.89. The van der Waals surface area contributed by atoms with Crippen LogP contribution < -0.4 is 35.0 Å². The summed E-state index contributed by atoms with van der Waals surface area (Å²) in [6, 6.07) is 8.82. The van der Waals surface area contributed by atoms with Gasteiger partial charge in [0.2, 0.25) is 0 Å². The number of hydrogen-bond donors (Lipinski definition) is 3. The summed E-state index contributed by atoms with van der Waals surface area (Å²) in [6.07, 6.45) is 1.43. The quantitative estimate of drug-likeness (QED) is 0.230. The Morgan fingerprint density at radius 1 is 1.03 bits per heavy atom. The van der Waals surface area contributed by atoms with E-state index in [-0.39, 0.29) is 24.5 Å². The zero-order valence-corrected chi connectivity index (χ0v) is 21.7. The van der Waals surface area contributed by atoms with Gasteiger partial charge in [-0.05, 0) is 49.7 Å². The van der Waals surface area contributed by atoms with Crippen molar-refractivity contribution in [3.8, 4) is 23.0 Å². The molecule has 0 saturated heterocycles. The van der Waals surface area contributed by atoms with E-state index < -0.39 is 23.9 Å². The molecule has 3 rings (SSSR count). The highest BCUT2D eigenvalue weighted by Crippen LogP contribution is 2.34. The zero-order chi connectivity index (χ0) is 27.7. The molecule has 38 heavy (non-hydrogen) atoms. The van der Waals surface area contributed by atoms with E-state index in [0.717, 1.165) is 0 Å². The molecule has 3 N–H and O–H groups in total. The van der Waals surface area contributed by atoms with E-state index >= 15 is 0 Å². The van der Waals surface area contributed by atoms with Crippen molar-refractivity contribution >= 4 is 24.1 Å². The maximum atomic E-state index is 12.5. The standard InChI is InChI=1S/C26H30N4O8/c1-6-37-25(32)23-15(2)28-26(33)29-24(23)16-7-9-20(21(12-16)36-5)38-14-22(31)30-27-13-17-11-18(34-3)8-10-19(17)35-4/h7-13,24H,6,14H2,1-5H3,(H,30,31)(H2,28,29,33)/b27-13-/t24-/m1/s1. The molecule has 2 aromatic rings. The van der Waals surface area contributed by atoms with Gasteiger partial charge in [-0.25, -0.2) is 15.0 Å². The van der Waals surface area contributed by atoms with Crippen LogP contribution in [0.15, 0.2) is 52.8 Å². The van der Waals surface area contributed by atoms with Gasteiger partial charge in [0, 0.05) is 11.3 Å². The van der Waals surface area contributed by atoms with Gasteiger partial charge in [-0.1, -0.05) is 6.07 Å².